The predicted octanol–water partition coefficient (Wildman–Crippen LogP) is 3.91. The summed E-state index contributed by atoms with van der Waals surface area (Å²) < 4.78 is 2.38. The average molecular weight is 293 g/mol. The van der Waals surface area contributed by atoms with Crippen LogP contribution >= 0.6 is 15.9 Å². The number of alkyl halides is 1. The summed E-state index contributed by atoms with van der Waals surface area (Å²) in [4.78, 5) is 4.64. The molecule has 17 heavy (non-hydrogen) atoms. The van der Waals surface area contributed by atoms with E-state index >= 15 is 0 Å². The fraction of sp³-hybridized carbons (Fsp3) is 0.500. The summed E-state index contributed by atoms with van der Waals surface area (Å²) in [6.07, 6.45) is 4.05. The Kier molecular flexibility index (Phi) is 2.74. The van der Waals surface area contributed by atoms with Gasteiger partial charge in [0.2, 0.25) is 0 Å². The van der Waals surface area contributed by atoms with Crippen LogP contribution in [0.4, 0.5) is 0 Å². The standard InChI is InChI=1S/C14H17BrN2/c1-11-16-12-5-2-3-6-13(12)17(11)10-14(9-15)7-4-8-14/h2-3,5-6H,4,7-10H2,1H3. The summed E-state index contributed by atoms with van der Waals surface area (Å²) in [6.45, 7) is 3.21. The van der Waals surface area contributed by atoms with Crippen LogP contribution in [0.25, 0.3) is 11.0 Å². The molecular weight excluding hydrogens is 276 g/mol. The molecule has 3 heteroatoms. The minimum atomic E-state index is 0.466. The molecule has 2 nitrogen and oxygen atoms in total. The lowest BCUT2D eigenvalue weighted by Crippen LogP contribution is -2.36. The van der Waals surface area contributed by atoms with Crippen molar-refractivity contribution in [3.63, 3.8) is 0 Å². The highest BCUT2D eigenvalue weighted by molar-refractivity contribution is 9.09. The lowest BCUT2D eigenvalue weighted by atomic mass is 9.70. The largest absolute Gasteiger partial charge is 0.328 e. The van der Waals surface area contributed by atoms with Gasteiger partial charge in [0.15, 0.2) is 0 Å². The van der Waals surface area contributed by atoms with Gasteiger partial charge < -0.3 is 4.57 Å². The van der Waals surface area contributed by atoms with Gasteiger partial charge in [-0.2, -0.15) is 0 Å². The van der Waals surface area contributed by atoms with Crippen LogP contribution in [0.3, 0.4) is 0 Å². The molecule has 0 aliphatic heterocycles. The van der Waals surface area contributed by atoms with E-state index < -0.39 is 0 Å². The monoisotopic (exact) mass is 292 g/mol. The summed E-state index contributed by atoms with van der Waals surface area (Å²) in [5, 5.41) is 1.10. The van der Waals surface area contributed by atoms with E-state index in [2.05, 4.69) is 56.7 Å². The van der Waals surface area contributed by atoms with Crippen molar-refractivity contribution in [2.24, 2.45) is 5.41 Å². The average Bonchev–Trinajstić information content (AvgIpc) is 2.60. The summed E-state index contributed by atoms with van der Waals surface area (Å²) >= 11 is 3.68. The van der Waals surface area contributed by atoms with Crippen LogP contribution < -0.4 is 0 Å². The molecule has 0 N–H and O–H groups in total. The van der Waals surface area contributed by atoms with E-state index in [0.717, 1.165) is 23.2 Å². The van der Waals surface area contributed by atoms with Gasteiger partial charge in [0.1, 0.15) is 5.82 Å². The molecule has 1 saturated carbocycles. The number of imidazole rings is 1. The van der Waals surface area contributed by atoms with E-state index in [9.17, 15) is 0 Å². The summed E-state index contributed by atoms with van der Waals surface area (Å²) in [5.74, 6) is 1.14. The third-order valence-corrected chi connectivity index (χ3v) is 5.23. The van der Waals surface area contributed by atoms with Gasteiger partial charge in [0.25, 0.3) is 0 Å². The van der Waals surface area contributed by atoms with Crippen molar-refractivity contribution in [3.05, 3.63) is 30.1 Å². The Morgan fingerprint density at radius 3 is 2.76 bits per heavy atom. The number of para-hydroxylation sites is 2. The molecule has 0 unspecified atom stereocenters. The van der Waals surface area contributed by atoms with Crippen LogP contribution in [0.15, 0.2) is 24.3 Å². The van der Waals surface area contributed by atoms with Gasteiger partial charge in [-0.15, -0.1) is 0 Å². The second kappa shape index (κ2) is 4.13. The highest BCUT2D eigenvalue weighted by Crippen LogP contribution is 2.44. The van der Waals surface area contributed by atoms with Crippen LogP contribution in [-0.2, 0) is 6.54 Å². The zero-order valence-corrected chi connectivity index (χ0v) is 11.7. The molecule has 1 heterocycles. The zero-order valence-electron chi connectivity index (χ0n) is 10.1. The van der Waals surface area contributed by atoms with Crippen LogP contribution in [0, 0.1) is 12.3 Å². The predicted molar refractivity (Wildman–Crippen MR) is 74.5 cm³/mol. The molecule has 0 bridgehead atoms. The molecular formula is C14H17BrN2. The smallest absolute Gasteiger partial charge is 0.106 e. The first kappa shape index (κ1) is 11.3. The number of nitrogens with zero attached hydrogens (tertiary/aromatic N) is 2. The molecule has 0 amide bonds. The minimum absolute atomic E-state index is 0.466. The highest BCUT2D eigenvalue weighted by atomic mass is 79.9. The molecule has 0 radical (unpaired) electrons. The molecule has 1 aliphatic rings. The second-order valence-corrected chi connectivity index (χ2v) is 5.78. The Bertz CT molecular complexity index is 535. The van der Waals surface area contributed by atoms with Crippen molar-refractivity contribution in [1.82, 2.24) is 9.55 Å². The van der Waals surface area contributed by atoms with E-state index in [1.165, 1.54) is 24.8 Å². The van der Waals surface area contributed by atoms with E-state index in [-0.39, 0.29) is 0 Å². The van der Waals surface area contributed by atoms with Gasteiger partial charge in [0.05, 0.1) is 11.0 Å². The second-order valence-electron chi connectivity index (χ2n) is 5.22. The topological polar surface area (TPSA) is 17.8 Å². The quantitative estimate of drug-likeness (QED) is 0.785. The number of aromatic nitrogens is 2. The fourth-order valence-electron chi connectivity index (χ4n) is 2.74. The Balaban J connectivity index is 2.02. The molecule has 1 aromatic carbocycles. The third kappa shape index (κ3) is 1.81. The fourth-order valence-corrected chi connectivity index (χ4v) is 3.48. The van der Waals surface area contributed by atoms with Crippen molar-refractivity contribution in [2.75, 3.05) is 5.33 Å². The summed E-state index contributed by atoms with van der Waals surface area (Å²) in [6, 6.07) is 8.43. The Morgan fingerprint density at radius 1 is 1.35 bits per heavy atom. The first-order chi connectivity index (χ1) is 8.24. The number of aryl methyl sites for hydroxylation is 1. The van der Waals surface area contributed by atoms with Gasteiger partial charge in [-0.05, 0) is 37.3 Å². The first-order valence-electron chi connectivity index (χ1n) is 6.22. The summed E-state index contributed by atoms with van der Waals surface area (Å²) in [7, 11) is 0. The molecule has 3 rings (SSSR count). The van der Waals surface area contributed by atoms with E-state index in [1.54, 1.807) is 0 Å². The van der Waals surface area contributed by atoms with Crippen LogP contribution in [0.1, 0.15) is 25.1 Å². The lowest BCUT2D eigenvalue weighted by Gasteiger charge is -2.41. The summed E-state index contributed by atoms with van der Waals surface area (Å²) in [5.41, 5.74) is 2.86. The minimum Gasteiger partial charge on any atom is -0.328 e. The molecule has 1 aliphatic carbocycles. The number of hydrogen-bond acceptors (Lipinski definition) is 1. The number of fused-ring (bicyclic) bond motifs is 1. The van der Waals surface area contributed by atoms with E-state index in [1.807, 2.05) is 0 Å². The van der Waals surface area contributed by atoms with Gasteiger partial charge in [-0.3, -0.25) is 0 Å². The van der Waals surface area contributed by atoms with Crippen molar-refractivity contribution in [3.8, 4) is 0 Å². The van der Waals surface area contributed by atoms with Crippen molar-refractivity contribution >= 4 is 27.0 Å². The number of rotatable bonds is 3. The maximum absolute atomic E-state index is 4.64. The molecule has 1 fully saturated rings. The van der Waals surface area contributed by atoms with E-state index in [4.69, 9.17) is 0 Å². The molecule has 0 atom stereocenters. The number of benzene rings is 1. The highest BCUT2D eigenvalue weighted by Gasteiger charge is 2.36. The zero-order chi connectivity index (χ0) is 11.9. The van der Waals surface area contributed by atoms with Crippen LogP contribution in [0.2, 0.25) is 0 Å². The van der Waals surface area contributed by atoms with Crippen molar-refractivity contribution in [2.45, 2.75) is 32.7 Å². The van der Waals surface area contributed by atoms with Gasteiger partial charge in [0, 0.05) is 11.9 Å². The Morgan fingerprint density at radius 2 is 2.12 bits per heavy atom. The first-order valence-corrected chi connectivity index (χ1v) is 7.34. The van der Waals surface area contributed by atoms with Gasteiger partial charge >= 0.3 is 0 Å². The number of hydrogen-bond donors (Lipinski definition) is 0. The Labute approximate surface area is 110 Å². The van der Waals surface area contributed by atoms with Crippen molar-refractivity contribution in [1.29, 1.82) is 0 Å². The van der Waals surface area contributed by atoms with Crippen LogP contribution in [-0.4, -0.2) is 14.9 Å². The SMILES string of the molecule is Cc1nc2ccccc2n1CC1(CBr)CCC1. The van der Waals surface area contributed by atoms with Gasteiger partial charge in [-0.25, -0.2) is 4.98 Å². The van der Waals surface area contributed by atoms with Crippen molar-refractivity contribution < 1.29 is 0 Å². The van der Waals surface area contributed by atoms with Crippen LogP contribution in [0.5, 0.6) is 0 Å². The number of halogens is 1. The van der Waals surface area contributed by atoms with E-state index in [0.29, 0.717) is 5.41 Å². The third-order valence-electron chi connectivity index (χ3n) is 4.04. The molecule has 90 valence electrons. The van der Waals surface area contributed by atoms with Gasteiger partial charge in [-0.1, -0.05) is 34.5 Å². The normalized spacial score (nSPS) is 18.2. The lowest BCUT2D eigenvalue weighted by molar-refractivity contribution is 0.141. The molecule has 0 saturated heterocycles. The molecule has 0 spiro atoms. The maximum Gasteiger partial charge on any atom is 0.106 e. The Hall–Kier alpha value is -0.830. The maximum atomic E-state index is 4.64. The molecule has 2 aromatic rings. The molecule has 1 aromatic heterocycles.